The quantitative estimate of drug-likeness (QED) is 0.152. The summed E-state index contributed by atoms with van der Waals surface area (Å²) >= 11 is 5.26. The van der Waals surface area contributed by atoms with Crippen LogP contribution in [0, 0.1) is 0 Å². The molecule has 0 bridgehead atoms. The van der Waals surface area contributed by atoms with E-state index in [4.69, 9.17) is 18.9 Å². The van der Waals surface area contributed by atoms with Gasteiger partial charge in [0.25, 0.3) is 0 Å². The first-order valence-corrected chi connectivity index (χ1v) is 23.6. The van der Waals surface area contributed by atoms with Crippen LogP contribution in [0.2, 0.25) is 0 Å². The summed E-state index contributed by atoms with van der Waals surface area (Å²) < 4.78 is 29.2. The van der Waals surface area contributed by atoms with Gasteiger partial charge in [-0.2, -0.15) is 0 Å². The first kappa shape index (κ1) is 40.0. The zero-order chi connectivity index (χ0) is 43.3. The highest BCUT2D eigenvalue weighted by atomic mass is 32.2. The van der Waals surface area contributed by atoms with Gasteiger partial charge in [-0.05, 0) is 61.6 Å². The minimum Gasteiger partial charge on any atom is -0.489 e. The van der Waals surface area contributed by atoms with E-state index in [9.17, 15) is 9.59 Å². The third kappa shape index (κ3) is 6.80. The summed E-state index contributed by atoms with van der Waals surface area (Å²) in [6.07, 6.45) is 0. The molecule has 0 radical (unpaired) electrons. The smallest absolute Gasteiger partial charge is 0.349 e. The number of esters is 2. The van der Waals surface area contributed by atoms with E-state index < -0.39 is 11.9 Å². The second-order valence-corrected chi connectivity index (χ2v) is 18.5. The molecule has 0 unspecified atom stereocenters. The van der Waals surface area contributed by atoms with E-state index in [0.717, 1.165) is 11.1 Å². The maximum atomic E-state index is 14.4. The number of aromatic nitrogens is 6. The van der Waals surface area contributed by atoms with Crippen molar-refractivity contribution < 1.29 is 28.5 Å². The number of hydrogen-bond acceptors (Lipinski definition) is 16. The van der Waals surface area contributed by atoms with Crippen LogP contribution in [0.5, 0.6) is 11.5 Å². The molecule has 0 saturated heterocycles. The summed E-state index contributed by atoms with van der Waals surface area (Å²) in [5.74, 6) is 1.34. The second-order valence-electron chi connectivity index (χ2n) is 14.3. The second kappa shape index (κ2) is 16.7. The van der Waals surface area contributed by atoms with Crippen molar-refractivity contribution in [2.75, 3.05) is 37.3 Å². The van der Waals surface area contributed by atoms with Crippen LogP contribution in [0.25, 0.3) is 53.4 Å². The molecule has 11 rings (SSSR count). The SMILES string of the molecule is CCOC(=O)c1sc2sc(C(=O)OCC)c3c2c1C1=C(Nn2c(nnc2-c2ccccc2)S1)c1ccccc1OCCOc1ccccc1C1=C3Sc2nnc(-c3ccccc3)n2N1. The van der Waals surface area contributed by atoms with Gasteiger partial charge in [-0.3, -0.25) is 10.9 Å². The topological polar surface area (TPSA) is 157 Å². The molecule has 0 spiro atoms. The third-order valence-corrected chi connectivity index (χ3v) is 15.0. The molecule has 3 aliphatic heterocycles. The molecule has 64 heavy (non-hydrogen) atoms. The predicted octanol–water partition coefficient (Wildman–Crippen LogP) is 9.95. The van der Waals surface area contributed by atoms with Crippen LogP contribution in [0.1, 0.15) is 55.4 Å². The van der Waals surface area contributed by atoms with Crippen molar-refractivity contribution in [2.45, 2.75) is 24.2 Å². The van der Waals surface area contributed by atoms with Crippen LogP contribution in [-0.2, 0) is 9.47 Å². The Labute approximate surface area is 381 Å². The average Bonchev–Trinajstić information content (AvgIpc) is 4.12. The molecular formula is C46H34N8O6S4. The molecule has 18 heteroatoms. The molecule has 7 heterocycles. The highest BCUT2D eigenvalue weighted by Crippen LogP contribution is 2.57. The van der Waals surface area contributed by atoms with Crippen molar-refractivity contribution >= 4 is 88.7 Å². The van der Waals surface area contributed by atoms with E-state index in [1.54, 1.807) is 13.8 Å². The maximum absolute atomic E-state index is 14.4. The lowest BCUT2D eigenvalue weighted by Gasteiger charge is -2.26. The Morgan fingerprint density at radius 2 is 1.02 bits per heavy atom. The number of carbonyl (C=O) groups is 2. The van der Waals surface area contributed by atoms with Gasteiger partial charge in [-0.15, -0.1) is 43.1 Å². The molecule has 3 aliphatic rings. The lowest BCUT2D eigenvalue weighted by molar-refractivity contribution is 0.0522. The summed E-state index contributed by atoms with van der Waals surface area (Å²) in [7, 11) is 0. The zero-order valence-electron chi connectivity index (χ0n) is 34.0. The standard InChI is InChI=1S/C46H34N8O6S4/c1-3-57-42(55)38-32-31-33(39(43(56)58-4-2)62-44(31)61-38)37-35(52-54-41(48-50-46(54)64-37)26-17-9-6-10-18-26)28-20-12-14-22-30(28)60-24-23-59-29-21-13-11-19-27(29)34-36(32)63-45-49-47-40(53(45)51-34)25-15-7-5-8-16-25/h5-22,51-52H,3-4,23-24H2,1-2H3. The number of nitrogens with zero attached hydrogens (tertiary/aromatic N) is 6. The minimum absolute atomic E-state index is 0.152. The van der Waals surface area contributed by atoms with Crippen molar-refractivity contribution in [3.05, 3.63) is 141 Å². The van der Waals surface area contributed by atoms with Crippen LogP contribution in [0.3, 0.4) is 0 Å². The van der Waals surface area contributed by atoms with Crippen LogP contribution in [0.4, 0.5) is 0 Å². The van der Waals surface area contributed by atoms with Gasteiger partial charge in [0.15, 0.2) is 11.6 Å². The maximum Gasteiger partial charge on any atom is 0.349 e. The highest BCUT2D eigenvalue weighted by molar-refractivity contribution is 8.09. The van der Waals surface area contributed by atoms with E-state index in [1.165, 1.54) is 46.2 Å². The van der Waals surface area contributed by atoms with Gasteiger partial charge >= 0.3 is 11.9 Å². The lowest BCUT2D eigenvalue weighted by atomic mass is 10.0. The Balaban J connectivity index is 1.25. The summed E-state index contributed by atoms with van der Waals surface area (Å²) in [5.41, 5.74) is 12.8. The van der Waals surface area contributed by atoms with E-state index in [2.05, 4.69) is 31.2 Å². The summed E-state index contributed by atoms with van der Waals surface area (Å²) in [5, 5.41) is 20.3. The van der Waals surface area contributed by atoms with Crippen molar-refractivity contribution in [1.82, 2.24) is 29.7 Å². The monoisotopic (exact) mass is 922 g/mol. The van der Waals surface area contributed by atoms with Gasteiger partial charge in [-0.1, -0.05) is 84.9 Å². The minimum atomic E-state index is -0.504. The molecule has 4 aromatic heterocycles. The number of benzene rings is 4. The number of thiophene rings is 2. The van der Waals surface area contributed by atoms with Gasteiger partial charge in [0.1, 0.15) is 34.5 Å². The number of fused-ring (bicyclic) bond motifs is 8. The van der Waals surface area contributed by atoms with Crippen molar-refractivity contribution in [2.24, 2.45) is 0 Å². The Bertz CT molecular complexity index is 3000. The van der Waals surface area contributed by atoms with Gasteiger partial charge in [0.05, 0.1) is 38.4 Å². The molecule has 0 fully saturated rings. The van der Waals surface area contributed by atoms with E-state index in [1.807, 2.05) is 119 Å². The number of carbonyl (C=O) groups excluding carboxylic acids is 2. The number of rotatable bonds is 6. The Kier molecular flexibility index (Phi) is 10.4. The fraction of sp³-hybridized carbons (Fsp3) is 0.130. The Hall–Kier alpha value is -6.86. The molecule has 318 valence electrons. The molecule has 8 aromatic rings. The molecule has 14 nitrogen and oxygen atoms in total. The van der Waals surface area contributed by atoms with E-state index >= 15 is 0 Å². The van der Waals surface area contributed by atoms with Crippen molar-refractivity contribution in [3.8, 4) is 34.3 Å². The lowest BCUT2D eigenvalue weighted by Crippen LogP contribution is -2.22. The molecule has 0 atom stereocenters. The normalized spacial score (nSPS) is 14.2. The molecule has 0 aliphatic carbocycles. The molecule has 2 N–H and O–H groups in total. The average molecular weight is 923 g/mol. The summed E-state index contributed by atoms with van der Waals surface area (Å²) in [6.45, 7) is 4.27. The first-order valence-electron chi connectivity index (χ1n) is 20.3. The Morgan fingerprint density at radius 3 is 1.45 bits per heavy atom. The Morgan fingerprint density at radius 1 is 0.594 bits per heavy atom. The number of thioether (sulfide) groups is 2. The van der Waals surface area contributed by atoms with Gasteiger partial charge in [0.2, 0.25) is 10.3 Å². The number of para-hydroxylation sites is 2. The van der Waals surface area contributed by atoms with Gasteiger partial charge in [-0.25, -0.2) is 18.9 Å². The van der Waals surface area contributed by atoms with Crippen molar-refractivity contribution in [3.63, 3.8) is 0 Å². The summed E-state index contributed by atoms with van der Waals surface area (Å²) in [4.78, 5) is 30.8. The highest BCUT2D eigenvalue weighted by Gasteiger charge is 2.39. The van der Waals surface area contributed by atoms with Crippen LogP contribution in [-0.4, -0.2) is 68.1 Å². The molecule has 0 amide bonds. The summed E-state index contributed by atoms with van der Waals surface area (Å²) in [6, 6.07) is 35.0. The van der Waals surface area contributed by atoms with Crippen LogP contribution in [0.15, 0.2) is 120 Å². The third-order valence-electron chi connectivity index (χ3n) is 10.5. The molecule has 0 saturated carbocycles. The fourth-order valence-electron chi connectivity index (χ4n) is 7.73. The number of ether oxygens (including phenoxy) is 4. The number of hydrogen-bond donors (Lipinski definition) is 2. The fourth-order valence-corrected chi connectivity index (χ4v) is 12.5. The first-order chi connectivity index (χ1) is 31.5. The van der Waals surface area contributed by atoms with Gasteiger partial charge in [0, 0.05) is 38.8 Å². The van der Waals surface area contributed by atoms with Crippen LogP contribution >= 0.6 is 46.2 Å². The predicted molar refractivity (Wildman–Crippen MR) is 250 cm³/mol. The molecular weight excluding hydrogens is 889 g/mol. The zero-order valence-corrected chi connectivity index (χ0v) is 37.3. The molecule has 4 aromatic carbocycles. The van der Waals surface area contributed by atoms with E-state index in [0.29, 0.717) is 96.1 Å². The van der Waals surface area contributed by atoms with Gasteiger partial charge < -0.3 is 18.9 Å². The number of nitrogens with one attached hydrogen (secondary N) is 2. The largest absolute Gasteiger partial charge is 0.489 e. The van der Waals surface area contributed by atoms with Crippen molar-refractivity contribution in [1.29, 1.82) is 0 Å². The van der Waals surface area contributed by atoms with Crippen LogP contribution < -0.4 is 20.3 Å². The van der Waals surface area contributed by atoms with E-state index in [-0.39, 0.29) is 26.4 Å².